The van der Waals surface area contributed by atoms with Gasteiger partial charge < -0.3 is 5.32 Å². The summed E-state index contributed by atoms with van der Waals surface area (Å²) in [6.45, 7) is 4.78. The maximum atomic E-state index is 11.5. The number of carbonyl (C=O) groups is 1. The summed E-state index contributed by atoms with van der Waals surface area (Å²) in [4.78, 5) is 12.3. The van der Waals surface area contributed by atoms with E-state index < -0.39 is 0 Å². The Hall–Kier alpha value is -0.540. The van der Waals surface area contributed by atoms with Gasteiger partial charge in [0.2, 0.25) is 0 Å². The van der Waals surface area contributed by atoms with Gasteiger partial charge in [-0.2, -0.15) is 0 Å². The lowest BCUT2D eigenvalue weighted by atomic mass is 10.1. The number of halogens is 1. The standard InChI is InChI=1S/C11H16ClNOS/c1-8(2)6-9(12)7-13-11(14)10-4-3-5-15-10/h3-5,8-9H,6-7H2,1-2H3,(H,13,14). The maximum absolute atomic E-state index is 11.5. The second-order valence-electron chi connectivity index (χ2n) is 3.91. The quantitative estimate of drug-likeness (QED) is 0.794. The number of hydrogen-bond acceptors (Lipinski definition) is 2. The lowest BCUT2D eigenvalue weighted by molar-refractivity contribution is 0.0957. The Kier molecular flexibility index (Phi) is 5.12. The third kappa shape index (κ3) is 4.67. The molecule has 0 aliphatic heterocycles. The molecule has 2 nitrogen and oxygen atoms in total. The summed E-state index contributed by atoms with van der Waals surface area (Å²) < 4.78 is 0. The largest absolute Gasteiger partial charge is 0.350 e. The van der Waals surface area contributed by atoms with Gasteiger partial charge in [0.05, 0.1) is 10.3 Å². The summed E-state index contributed by atoms with van der Waals surface area (Å²) in [5.41, 5.74) is 0. The second kappa shape index (κ2) is 6.13. The zero-order valence-corrected chi connectivity index (χ0v) is 10.6. The topological polar surface area (TPSA) is 29.1 Å². The molecule has 1 heterocycles. The molecule has 1 atom stereocenters. The number of alkyl halides is 1. The van der Waals surface area contributed by atoms with Crippen molar-refractivity contribution in [3.8, 4) is 0 Å². The average molecular weight is 246 g/mol. The Bertz CT molecular complexity index is 298. The van der Waals surface area contributed by atoms with E-state index in [0.29, 0.717) is 12.5 Å². The van der Waals surface area contributed by atoms with Crippen LogP contribution in [0.3, 0.4) is 0 Å². The molecule has 0 spiro atoms. The molecule has 0 bridgehead atoms. The van der Waals surface area contributed by atoms with Crippen LogP contribution in [0.5, 0.6) is 0 Å². The molecule has 1 aromatic heterocycles. The van der Waals surface area contributed by atoms with Gasteiger partial charge in [-0.1, -0.05) is 19.9 Å². The minimum atomic E-state index is -0.0283. The highest BCUT2D eigenvalue weighted by Gasteiger charge is 2.10. The zero-order valence-electron chi connectivity index (χ0n) is 9.00. The van der Waals surface area contributed by atoms with Gasteiger partial charge in [0.1, 0.15) is 0 Å². The Morgan fingerprint density at radius 2 is 2.33 bits per heavy atom. The van der Waals surface area contributed by atoms with Crippen molar-refractivity contribution < 1.29 is 4.79 Å². The van der Waals surface area contributed by atoms with E-state index in [2.05, 4.69) is 19.2 Å². The molecule has 0 radical (unpaired) electrons. The molecular formula is C11H16ClNOS. The molecule has 1 unspecified atom stereocenters. The van der Waals surface area contributed by atoms with Crippen LogP contribution >= 0.6 is 22.9 Å². The van der Waals surface area contributed by atoms with Gasteiger partial charge in [0, 0.05) is 6.54 Å². The molecular weight excluding hydrogens is 230 g/mol. The summed E-state index contributed by atoms with van der Waals surface area (Å²) in [6, 6.07) is 3.68. The highest BCUT2D eigenvalue weighted by atomic mass is 35.5. The fraction of sp³-hybridized carbons (Fsp3) is 0.545. The summed E-state index contributed by atoms with van der Waals surface area (Å²) in [5, 5.41) is 4.74. The van der Waals surface area contributed by atoms with Crippen molar-refractivity contribution in [3.05, 3.63) is 22.4 Å². The monoisotopic (exact) mass is 245 g/mol. The highest BCUT2D eigenvalue weighted by molar-refractivity contribution is 7.12. The number of amides is 1. The van der Waals surface area contributed by atoms with Crippen LogP contribution in [0.25, 0.3) is 0 Å². The molecule has 15 heavy (non-hydrogen) atoms. The molecule has 1 amide bonds. The van der Waals surface area contributed by atoms with Crippen molar-refractivity contribution in [3.63, 3.8) is 0 Å². The van der Waals surface area contributed by atoms with Crippen LogP contribution in [-0.2, 0) is 0 Å². The Balaban J connectivity index is 2.28. The predicted molar refractivity (Wildman–Crippen MR) is 65.7 cm³/mol. The Morgan fingerprint density at radius 3 is 2.87 bits per heavy atom. The van der Waals surface area contributed by atoms with Gasteiger partial charge >= 0.3 is 0 Å². The first-order valence-corrected chi connectivity index (χ1v) is 6.37. The van der Waals surface area contributed by atoms with Crippen LogP contribution in [0.1, 0.15) is 29.9 Å². The highest BCUT2D eigenvalue weighted by Crippen LogP contribution is 2.11. The molecule has 0 saturated heterocycles. The first-order chi connectivity index (χ1) is 7.09. The van der Waals surface area contributed by atoms with E-state index in [-0.39, 0.29) is 11.3 Å². The van der Waals surface area contributed by atoms with Crippen LogP contribution in [0.15, 0.2) is 17.5 Å². The van der Waals surface area contributed by atoms with Gasteiger partial charge in [-0.3, -0.25) is 4.79 Å². The van der Waals surface area contributed by atoms with E-state index in [1.165, 1.54) is 11.3 Å². The number of thiophene rings is 1. The van der Waals surface area contributed by atoms with Crippen molar-refractivity contribution in [2.45, 2.75) is 25.6 Å². The van der Waals surface area contributed by atoms with E-state index in [1.54, 1.807) is 0 Å². The zero-order chi connectivity index (χ0) is 11.3. The number of hydrogen-bond donors (Lipinski definition) is 1. The lowest BCUT2D eigenvalue weighted by Gasteiger charge is -2.12. The van der Waals surface area contributed by atoms with Crippen molar-refractivity contribution >= 4 is 28.8 Å². The van der Waals surface area contributed by atoms with Gasteiger partial charge in [0.15, 0.2) is 0 Å². The summed E-state index contributed by atoms with van der Waals surface area (Å²) in [5.74, 6) is 0.533. The van der Waals surface area contributed by atoms with E-state index in [4.69, 9.17) is 11.6 Å². The van der Waals surface area contributed by atoms with Crippen LogP contribution in [0.2, 0.25) is 0 Å². The number of rotatable bonds is 5. The maximum Gasteiger partial charge on any atom is 0.261 e. The van der Waals surface area contributed by atoms with Crippen LogP contribution in [0.4, 0.5) is 0 Å². The van der Waals surface area contributed by atoms with Crippen molar-refractivity contribution in [2.24, 2.45) is 5.92 Å². The van der Waals surface area contributed by atoms with Gasteiger partial charge in [-0.15, -0.1) is 22.9 Å². The predicted octanol–water partition coefficient (Wildman–Crippen LogP) is 3.13. The second-order valence-corrected chi connectivity index (χ2v) is 5.48. The first kappa shape index (κ1) is 12.5. The van der Waals surface area contributed by atoms with Gasteiger partial charge in [-0.05, 0) is 23.8 Å². The number of nitrogens with one attached hydrogen (secondary N) is 1. The lowest BCUT2D eigenvalue weighted by Crippen LogP contribution is -2.29. The fourth-order valence-electron chi connectivity index (χ4n) is 1.29. The molecule has 84 valence electrons. The Morgan fingerprint density at radius 1 is 1.60 bits per heavy atom. The summed E-state index contributed by atoms with van der Waals surface area (Å²) in [7, 11) is 0. The molecule has 0 saturated carbocycles. The van der Waals surface area contributed by atoms with E-state index in [0.717, 1.165) is 11.3 Å². The molecule has 0 aliphatic rings. The van der Waals surface area contributed by atoms with Crippen molar-refractivity contribution in [2.75, 3.05) is 6.54 Å². The SMILES string of the molecule is CC(C)CC(Cl)CNC(=O)c1cccs1. The van der Waals surface area contributed by atoms with E-state index in [9.17, 15) is 4.79 Å². The Labute approximate surface area is 99.6 Å². The minimum Gasteiger partial charge on any atom is -0.350 e. The van der Waals surface area contributed by atoms with Crippen molar-refractivity contribution in [1.29, 1.82) is 0 Å². The molecule has 0 aromatic carbocycles. The van der Waals surface area contributed by atoms with Gasteiger partial charge in [0.25, 0.3) is 5.91 Å². The van der Waals surface area contributed by atoms with E-state index in [1.807, 2.05) is 17.5 Å². The van der Waals surface area contributed by atoms with Crippen molar-refractivity contribution in [1.82, 2.24) is 5.32 Å². The molecule has 1 aromatic rings. The fourth-order valence-corrected chi connectivity index (χ4v) is 2.37. The first-order valence-electron chi connectivity index (χ1n) is 5.05. The summed E-state index contributed by atoms with van der Waals surface area (Å²) >= 11 is 7.51. The summed E-state index contributed by atoms with van der Waals surface area (Å²) in [6.07, 6.45) is 0.923. The minimum absolute atomic E-state index is 0.0221. The smallest absolute Gasteiger partial charge is 0.261 e. The van der Waals surface area contributed by atoms with Gasteiger partial charge in [-0.25, -0.2) is 0 Å². The third-order valence-corrected chi connectivity index (χ3v) is 3.16. The number of carbonyl (C=O) groups excluding carboxylic acids is 1. The molecule has 1 rings (SSSR count). The third-order valence-electron chi connectivity index (χ3n) is 1.96. The van der Waals surface area contributed by atoms with Crippen LogP contribution in [-0.4, -0.2) is 17.8 Å². The van der Waals surface area contributed by atoms with Crippen LogP contribution < -0.4 is 5.32 Å². The van der Waals surface area contributed by atoms with E-state index >= 15 is 0 Å². The average Bonchev–Trinajstić information content (AvgIpc) is 2.65. The molecule has 0 aliphatic carbocycles. The van der Waals surface area contributed by atoms with Crippen LogP contribution in [0, 0.1) is 5.92 Å². The molecule has 0 fully saturated rings. The molecule has 4 heteroatoms. The molecule has 1 N–H and O–H groups in total. The normalized spacial score (nSPS) is 12.8.